The topological polar surface area (TPSA) is 52.5 Å². The molecule has 2 fully saturated rings. The number of nitrogens with zero attached hydrogens (tertiary/aromatic N) is 4. The number of fused-ring (bicyclic) bond motifs is 1. The van der Waals surface area contributed by atoms with E-state index in [-0.39, 0.29) is 0 Å². The highest BCUT2D eigenvalue weighted by Gasteiger charge is 2.26. The second-order valence-corrected chi connectivity index (χ2v) is 9.25. The first kappa shape index (κ1) is 21.9. The minimum absolute atomic E-state index is 0.680. The normalized spacial score (nSPS) is 18.7. The van der Waals surface area contributed by atoms with Crippen molar-refractivity contribution in [2.24, 2.45) is 0 Å². The molecule has 5 heteroatoms. The van der Waals surface area contributed by atoms with Crippen LogP contribution in [0.15, 0.2) is 48.7 Å². The molecule has 33 heavy (non-hydrogen) atoms. The van der Waals surface area contributed by atoms with Gasteiger partial charge in [-0.2, -0.15) is 0 Å². The van der Waals surface area contributed by atoms with Crippen LogP contribution >= 0.6 is 0 Å². The lowest BCUT2D eigenvalue weighted by molar-refractivity contribution is 0.0610. The van der Waals surface area contributed by atoms with Crippen LogP contribution in [0.25, 0.3) is 22.0 Å². The highest BCUT2D eigenvalue weighted by atomic mass is 16.3. The Balaban J connectivity index is 1.49. The van der Waals surface area contributed by atoms with Gasteiger partial charge in [0.15, 0.2) is 0 Å². The monoisotopic (exact) mass is 440 g/mol. The molecule has 0 amide bonds. The van der Waals surface area contributed by atoms with Gasteiger partial charge in [-0.1, -0.05) is 43.5 Å². The molecule has 0 bridgehead atoms. The zero-order valence-corrected chi connectivity index (χ0v) is 19.4. The molecule has 0 atom stereocenters. The van der Waals surface area contributed by atoms with Crippen LogP contribution in [0, 0.1) is 11.8 Å². The second kappa shape index (κ2) is 9.51. The fourth-order valence-corrected chi connectivity index (χ4v) is 4.95. The maximum Gasteiger partial charge on any atom is 0.137 e. The van der Waals surface area contributed by atoms with E-state index < -0.39 is 5.60 Å². The van der Waals surface area contributed by atoms with Gasteiger partial charge in [0.05, 0.1) is 5.69 Å². The summed E-state index contributed by atoms with van der Waals surface area (Å²) < 4.78 is 0. The quantitative estimate of drug-likeness (QED) is 0.609. The molecule has 5 nitrogen and oxygen atoms in total. The van der Waals surface area contributed by atoms with Crippen molar-refractivity contribution in [2.45, 2.75) is 44.6 Å². The molecule has 1 aliphatic carbocycles. The second-order valence-electron chi connectivity index (χ2n) is 9.25. The van der Waals surface area contributed by atoms with E-state index in [4.69, 9.17) is 4.98 Å². The van der Waals surface area contributed by atoms with Crippen LogP contribution in [0.2, 0.25) is 0 Å². The standard InChI is InChI=1S/C28H32N4O/c1-2-31-16-18-32(19-17-31)27-25-9-5-4-8-22(25)21-26(30-27)23-11-15-29-24(20-23)10-14-28(33)12-6-3-7-13-28/h4-5,8-9,11,15,20-21,33H,2-3,6-7,12-13,16-19H2,1H3. The van der Waals surface area contributed by atoms with Crippen LogP contribution < -0.4 is 4.90 Å². The molecule has 5 rings (SSSR count). The maximum absolute atomic E-state index is 10.7. The molecule has 3 aromatic rings. The first-order valence-electron chi connectivity index (χ1n) is 12.2. The zero-order chi connectivity index (χ0) is 22.7. The maximum atomic E-state index is 10.7. The number of aromatic nitrogens is 2. The Labute approximate surface area is 196 Å². The first-order chi connectivity index (χ1) is 16.1. The molecule has 0 radical (unpaired) electrons. The van der Waals surface area contributed by atoms with E-state index in [0.717, 1.165) is 75.5 Å². The van der Waals surface area contributed by atoms with Gasteiger partial charge in [0.25, 0.3) is 0 Å². The Morgan fingerprint density at radius 1 is 1.00 bits per heavy atom. The lowest BCUT2D eigenvalue weighted by atomic mass is 9.85. The van der Waals surface area contributed by atoms with E-state index in [9.17, 15) is 5.11 Å². The molecule has 1 N–H and O–H groups in total. The lowest BCUT2D eigenvalue weighted by Gasteiger charge is -2.35. The van der Waals surface area contributed by atoms with Crippen LogP contribution in [-0.2, 0) is 0 Å². The van der Waals surface area contributed by atoms with Crippen LogP contribution in [0.5, 0.6) is 0 Å². The number of aliphatic hydroxyl groups is 1. The molecule has 2 aromatic heterocycles. The number of pyridine rings is 2. The Morgan fingerprint density at radius 2 is 1.79 bits per heavy atom. The van der Waals surface area contributed by atoms with Crippen molar-refractivity contribution in [2.75, 3.05) is 37.6 Å². The fraction of sp³-hybridized carbons (Fsp3) is 0.429. The average molecular weight is 441 g/mol. The van der Waals surface area contributed by atoms with Crippen molar-refractivity contribution in [3.8, 4) is 23.1 Å². The minimum Gasteiger partial charge on any atom is -0.378 e. The summed E-state index contributed by atoms with van der Waals surface area (Å²) in [5.74, 6) is 7.30. The number of anilines is 1. The summed E-state index contributed by atoms with van der Waals surface area (Å²) >= 11 is 0. The number of hydrogen-bond acceptors (Lipinski definition) is 5. The van der Waals surface area contributed by atoms with Crippen molar-refractivity contribution in [1.82, 2.24) is 14.9 Å². The Morgan fingerprint density at radius 3 is 2.58 bits per heavy atom. The summed E-state index contributed by atoms with van der Waals surface area (Å²) in [6.07, 6.45) is 6.55. The van der Waals surface area contributed by atoms with Gasteiger partial charge in [-0.05, 0) is 61.7 Å². The third-order valence-electron chi connectivity index (χ3n) is 7.00. The van der Waals surface area contributed by atoms with Gasteiger partial charge in [-0.15, -0.1) is 0 Å². The summed E-state index contributed by atoms with van der Waals surface area (Å²) in [6, 6.07) is 14.6. The Bertz CT molecular complexity index is 1180. The van der Waals surface area contributed by atoms with Crippen molar-refractivity contribution in [3.05, 3.63) is 54.4 Å². The highest BCUT2D eigenvalue weighted by molar-refractivity contribution is 5.95. The van der Waals surface area contributed by atoms with Crippen molar-refractivity contribution >= 4 is 16.6 Å². The number of likely N-dealkylation sites (N-methyl/N-ethyl adjacent to an activating group) is 1. The van der Waals surface area contributed by atoms with Crippen LogP contribution in [0.1, 0.15) is 44.7 Å². The van der Waals surface area contributed by atoms with Gasteiger partial charge in [-0.3, -0.25) is 0 Å². The molecule has 1 aromatic carbocycles. The summed E-state index contributed by atoms with van der Waals surface area (Å²) in [6.45, 7) is 7.42. The zero-order valence-electron chi connectivity index (χ0n) is 19.4. The van der Waals surface area contributed by atoms with Gasteiger partial charge in [-0.25, -0.2) is 9.97 Å². The number of hydrogen-bond donors (Lipinski definition) is 1. The van der Waals surface area contributed by atoms with Gasteiger partial charge in [0.1, 0.15) is 17.1 Å². The van der Waals surface area contributed by atoms with Crippen LogP contribution in [0.4, 0.5) is 5.82 Å². The molecule has 2 aliphatic rings. The number of rotatable bonds is 3. The van der Waals surface area contributed by atoms with Crippen LogP contribution in [-0.4, -0.2) is 58.3 Å². The third kappa shape index (κ3) is 4.88. The van der Waals surface area contributed by atoms with Gasteiger partial charge in [0.2, 0.25) is 0 Å². The largest absolute Gasteiger partial charge is 0.378 e. The molecule has 0 spiro atoms. The number of piperazine rings is 1. The predicted molar refractivity (Wildman–Crippen MR) is 134 cm³/mol. The van der Waals surface area contributed by atoms with E-state index in [1.807, 2.05) is 12.1 Å². The number of benzene rings is 1. The summed E-state index contributed by atoms with van der Waals surface area (Å²) in [7, 11) is 0. The molecule has 1 aliphatic heterocycles. The fourth-order valence-electron chi connectivity index (χ4n) is 4.95. The Kier molecular flexibility index (Phi) is 6.30. The third-order valence-corrected chi connectivity index (χ3v) is 7.00. The van der Waals surface area contributed by atoms with Gasteiger partial charge < -0.3 is 14.9 Å². The van der Waals surface area contributed by atoms with Gasteiger partial charge >= 0.3 is 0 Å². The van der Waals surface area contributed by atoms with Crippen molar-refractivity contribution in [1.29, 1.82) is 0 Å². The van der Waals surface area contributed by atoms with E-state index in [1.165, 1.54) is 17.2 Å². The van der Waals surface area contributed by atoms with Crippen molar-refractivity contribution in [3.63, 3.8) is 0 Å². The van der Waals surface area contributed by atoms with Crippen LogP contribution in [0.3, 0.4) is 0 Å². The molecule has 170 valence electrons. The van der Waals surface area contributed by atoms with Gasteiger partial charge in [0, 0.05) is 43.3 Å². The molecular weight excluding hydrogens is 408 g/mol. The highest BCUT2D eigenvalue weighted by Crippen LogP contribution is 2.31. The molecule has 1 saturated carbocycles. The minimum atomic E-state index is -0.870. The first-order valence-corrected chi connectivity index (χ1v) is 12.2. The van der Waals surface area contributed by atoms with E-state index >= 15 is 0 Å². The SMILES string of the molecule is CCN1CCN(c2nc(-c3ccnc(C#CC4(O)CCCCC4)c3)cc3ccccc23)CC1. The molecular formula is C28H32N4O. The Hall–Kier alpha value is -2.94. The van der Waals surface area contributed by atoms with E-state index in [1.54, 1.807) is 6.20 Å². The predicted octanol–water partition coefficient (Wildman–Crippen LogP) is 4.49. The molecule has 0 unspecified atom stereocenters. The van der Waals surface area contributed by atoms with Crippen molar-refractivity contribution < 1.29 is 5.11 Å². The smallest absolute Gasteiger partial charge is 0.137 e. The van der Waals surface area contributed by atoms with E-state index in [0.29, 0.717) is 5.69 Å². The molecule has 3 heterocycles. The summed E-state index contributed by atoms with van der Waals surface area (Å²) in [4.78, 5) is 14.5. The summed E-state index contributed by atoms with van der Waals surface area (Å²) in [5.41, 5.74) is 1.75. The van der Waals surface area contributed by atoms with E-state index in [2.05, 4.69) is 63.9 Å². The summed E-state index contributed by atoms with van der Waals surface area (Å²) in [5, 5.41) is 13.1. The average Bonchev–Trinajstić information content (AvgIpc) is 2.87. The lowest BCUT2D eigenvalue weighted by Crippen LogP contribution is -2.46. The molecule has 1 saturated heterocycles.